The monoisotopic (exact) mass is 364 g/mol. The van der Waals surface area contributed by atoms with Gasteiger partial charge in [-0.25, -0.2) is 4.98 Å². The van der Waals surface area contributed by atoms with Crippen LogP contribution in [-0.2, 0) is 11.8 Å². The summed E-state index contributed by atoms with van der Waals surface area (Å²) < 4.78 is 0. The molecule has 0 aliphatic carbocycles. The van der Waals surface area contributed by atoms with Crippen LogP contribution in [0.5, 0.6) is 0 Å². The van der Waals surface area contributed by atoms with Crippen LogP contribution in [0.15, 0.2) is 34.6 Å². The van der Waals surface area contributed by atoms with Crippen molar-refractivity contribution >= 4 is 28.9 Å². The fraction of sp³-hybridized carbons (Fsp3) is 0.444. The molecule has 0 radical (unpaired) electrons. The Labute approximate surface area is 153 Å². The molecule has 130 valence electrons. The molecule has 0 bridgehead atoms. The van der Waals surface area contributed by atoms with Gasteiger partial charge in [-0.15, -0.1) is 11.3 Å². The van der Waals surface area contributed by atoms with E-state index in [1.807, 2.05) is 19.1 Å². The highest BCUT2D eigenvalue weighted by atomic mass is 35.5. The highest BCUT2D eigenvalue weighted by Gasteiger charge is 2.20. The van der Waals surface area contributed by atoms with Gasteiger partial charge in [-0.1, -0.05) is 37.6 Å². The van der Waals surface area contributed by atoms with Gasteiger partial charge in [-0.2, -0.15) is 0 Å². The van der Waals surface area contributed by atoms with Gasteiger partial charge in [0.05, 0.1) is 10.7 Å². The zero-order chi connectivity index (χ0) is 17.6. The third-order valence-electron chi connectivity index (χ3n) is 3.89. The number of aromatic nitrogens is 1. The van der Waals surface area contributed by atoms with E-state index in [4.69, 9.17) is 11.6 Å². The Balaban J connectivity index is 1.82. The van der Waals surface area contributed by atoms with Gasteiger partial charge in [-0.3, -0.25) is 4.99 Å². The minimum atomic E-state index is -0.0196. The van der Waals surface area contributed by atoms with E-state index < -0.39 is 0 Å². The molecular formula is C18H25ClN4S. The van der Waals surface area contributed by atoms with Crippen molar-refractivity contribution in [2.24, 2.45) is 4.99 Å². The Hall–Kier alpha value is -1.59. The Morgan fingerprint density at radius 3 is 2.54 bits per heavy atom. The Bertz CT molecular complexity index is 677. The smallest absolute Gasteiger partial charge is 0.191 e. The molecule has 0 amide bonds. The number of guanidine groups is 1. The summed E-state index contributed by atoms with van der Waals surface area (Å²) in [5.74, 6) is 0.809. The normalized spacial score (nSPS) is 12.3. The summed E-state index contributed by atoms with van der Waals surface area (Å²) in [6.45, 7) is 8.03. The van der Waals surface area contributed by atoms with Gasteiger partial charge < -0.3 is 10.6 Å². The molecule has 1 heterocycles. The van der Waals surface area contributed by atoms with Gasteiger partial charge >= 0.3 is 0 Å². The SMILES string of the molecule is CN=C(NCCc1csc(C)n1)NCC(C)(C)c1ccc(Cl)cc1. The Kier molecular flexibility index (Phi) is 6.63. The predicted molar refractivity (Wildman–Crippen MR) is 104 cm³/mol. The summed E-state index contributed by atoms with van der Waals surface area (Å²) in [5.41, 5.74) is 2.35. The van der Waals surface area contributed by atoms with Crippen LogP contribution in [0.1, 0.15) is 30.1 Å². The largest absolute Gasteiger partial charge is 0.356 e. The van der Waals surface area contributed by atoms with Gasteiger partial charge in [0, 0.05) is 42.4 Å². The van der Waals surface area contributed by atoms with Crippen molar-refractivity contribution in [1.82, 2.24) is 15.6 Å². The fourth-order valence-electron chi connectivity index (χ4n) is 2.36. The number of thiazole rings is 1. The summed E-state index contributed by atoms with van der Waals surface area (Å²) >= 11 is 7.66. The van der Waals surface area contributed by atoms with Gasteiger partial charge in [0.1, 0.15) is 0 Å². The lowest BCUT2D eigenvalue weighted by Crippen LogP contribution is -2.44. The molecule has 0 atom stereocenters. The van der Waals surface area contributed by atoms with Gasteiger partial charge in [0.25, 0.3) is 0 Å². The van der Waals surface area contributed by atoms with E-state index >= 15 is 0 Å². The average Bonchev–Trinajstić information content (AvgIpc) is 2.96. The highest BCUT2D eigenvalue weighted by Crippen LogP contribution is 2.23. The lowest BCUT2D eigenvalue weighted by molar-refractivity contribution is 0.508. The van der Waals surface area contributed by atoms with Gasteiger partial charge in [0.2, 0.25) is 0 Å². The van der Waals surface area contributed by atoms with Crippen LogP contribution in [0.25, 0.3) is 0 Å². The van der Waals surface area contributed by atoms with E-state index in [1.165, 1.54) is 5.56 Å². The second-order valence-electron chi connectivity index (χ2n) is 6.35. The zero-order valence-corrected chi connectivity index (χ0v) is 16.3. The van der Waals surface area contributed by atoms with Gasteiger partial charge in [-0.05, 0) is 24.6 Å². The molecular weight excluding hydrogens is 340 g/mol. The molecule has 1 aromatic carbocycles. The molecule has 2 rings (SSSR count). The van der Waals surface area contributed by atoms with E-state index in [0.29, 0.717) is 0 Å². The topological polar surface area (TPSA) is 49.3 Å². The van der Waals surface area contributed by atoms with Crippen molar-refractivity contribution < 1.29 is 0 Å². The maximum atomic E-state index is 5.97. The number of aryl methyl sites for hydroxylation is 1. The second-order valence-corrected chi connectivity index (χ2v) is 7.85. The first-order valence-corrected chi connectivity index (χ1v) is 9.28. The minimum Gasteiger partial charge on any atom is -0.356 e. The van der Waals surface area contributed by atoms with E-state index in [0.717, 1.165) is 41.2 Å². The Morgan fingerprint density at radius 1 is 1.25 bits per heavy atom. The quantitative estimate of drug-likeness (QED) is 0.605. The summed E-state index contributed by atoms with van der Waals surface area (Å²) in [4.78, 5) is 8.76. The lowest BCUT2D eigenvalue weighted by atomic mass is 9.85. The first kappa shape index (κ1) is 18.7. The fourth-order valence-corrected chi connectivity index (χ4v) is 3.13. The molecule has 4 nitrogen and oxygen atoms in total. The third kappa shape index (κ3) is 5.49. The van der Waals surface area contributed by atoms with E-state index in [1.54, 1.807) is 18.4 Å². The van der Waals surface area contributed by atoms with Crippen molar-refractivity contribution in [3.63, 3.8) is 0 Å². The van der Waals surface area contributed by atoms with Crippen LogP contribution >= 0.6 is 22.9 Å². The average molecular weight is 365 g/mol. The van der Waals surface area contributed by atoms with Crippen molar-refractivity contribution in [3.05, 3.63) is 50.9 Å². The van der Waals surface area contributed by atoms with Crippen LogP contribution in [0.2, 0.25) is 5.02 Å². The first-order valence-electron chi connectivity index (χ1n) is 8.02. The van der Waals surface area contributed by atoms with Crippen molar-refractivity contribution in [2.75, 3.05) is 20.1 Å². The van der Waals surface area contributed by atoms with Crippen LogP contribution in [0, 0.1) is 6.92 Å². The molecule has 0 spiro atoms. The van der Waals surface area contributed by atoms with Crippen molar-refractivity contribution in [2.45, 2.75) is 32.6 Å². The molecule has 0 aliphatic heterocycles. The summed E-state index contributed by atoms with van der Waals surface area (Å²) in [7, 11) is 1.79. The molecule has 0 fully saturated rings. The van der Waals surface area contributed by atoms with E-state index in [2.05, 4.69) is 52.0 Å². The summed E-state index contributed by atoms with van der Waals surface area (Å²) in [5, 5.41) is 10.7. The standard InChI is InChI=1S/C18H25ClN4S/c1-13-23-16(11-24-13)9-10-21-17(20-4)22-12-18(2,3)14-5-7-15(19)8-6-14/h5-8,11H,9-10,12H2,1-4H3,(H2,20,21,22). The summed E-state index contributed by atoms with van der Waals surface area (Å²) in [6.07, 6.45) is 0.894. The molecule has 1 aromatic heterocycles. The minimum absolute atomic E-state index is 0.0196. The highest BCUT2D eigenvalue weighted by molar-refractivity contribution is 7.09. The zero-order valence-electron chi connectivity index (χ0n) is 14.7. The maximum absolute atomic E-state index is 5.97. The van der Waals surface area contributed by atoms with Crippen LogP contribution in [0.4, 0.5) is 0 Å². The molecule has 0 unspecified atom stereocenters. The number of halogens is 1. The number of nitrogens with zero attached hydrogens (tertiary/aromatic N) is 2. The number of rotatable bonds is 6. The molecule has 2 aromatic rings. The first-order chi connectivity index (χ1) is 11.4. The molecule has 0 aliphatic rings. The number of aliphatic imine (C=N–C) groups is 1. The maximum Gasteiger partial charge on any atom is 0.191 e. The lowest BCUT2D eigenvalue weighted by Gasteiger charge is -2.27. The Morgan fingerprint density at radius 2 is 1.96 bits per heavy atom. The molecule has 0 saturated carbocycles. The van der Waals surface area contributed by atoms with Gasteiger partial charge in [0.15, 0.2) is 5.96 Å². The number of hydrogen-bond acceptors (Lipinski definition) is 3. The van der Waals surface area contributed by atoms with E-state index in [-0.39, 0.29) is 5.41 Å². The van der Waals surface area contributed by atoms with Crippen molar-refractivity contribution in [3.8, 4) is 0 Å². The molecule has 0 saturated heterocycles. The van der Waals surface area contributed by atoms with Crippen LogP contribution in [0.3, 0.4) is 0 Å². The van der Waals surface area contributed by atoms with Crippen LogP contribution in [-0.4, -0.2) is 31.1 Å². The predicted octanol–water partition coefficient (Wildman–Crippen LogP) is 3.79. The van der Waals surface area contributed by atoms with E-state index in [9.17, 15) is 0 Å². The molecule has 6 heteroatoms. The number of hydrogen-bond donors (Lipinski definition) is 2. The number of nitrogens with one attached hydrogen (secondary N) is 2. The molecule has 24 heavy (non-hydrogen) atoms. The number of benzene rings is 1. The molecule has 2 N–H and O–H groups in total. The van der Waals surface area contributed by atoms with Crippen LogP contribution < -0.4 is 10.6 Å². The third-order valence-corrected chi connectivity index (χ3v) is 4.96. The van der Waals surface area contributed by atoms with Crippen molar-refractivity contribution in [1.29, 1.82) is 0 Å². The second kappa shape index (κ2) is 8.49. The summed E-state index contributed by atoms with van der Waals surface area (Å²) in [6, 6.07) is 8.01.